The monoisotopic (exact) mass is 388 g/mol. The lowest BCUT2D eigenvalue weighted by molar-refractivity contribution is 0.0996. The minimum absolute atomic E-state index is 0.256. The van der Waals surface area contributed by atoms with Crippen molar-refractivity contribution < 1.29 is 13.9 Å². The minimum atomic E-state index is -0.312. The van der Waals surface area contributed by atoms with Crippen LogP contribution in [0.25, 0.3) is 11.0 Å². The van der Waals surface area contributed by atoms with E-state index in [1.807, 2.05) is 36.4 Å². The molecular weight excluding hydrogens is 368 g/mol. The van der Waals surface area contributed by atoms with Crippen molar-refractivity contribution in [2.45, 2.75) is 13.1 Å². The van der Waals surface area contributed by atoms with Crippen LogP contribution in [0.3, 0.4) is 0 Å². The first kappa shape index (κ1) is 17.4. The van der Waals surface area contributed by atoms with E-state index in [2.05, 4.69) is 20.9 Å². The molecule has 7 nitrogen and oxygen atoms in total. The standard InChI is InChI=1S/C22H20N4O3/c1-28-20-13-15(8-9-17(20)24-22(27)19-7-4-12-29-19)25-10-11-26-18-6-3-2-5-16(18)23-21(26)14-25/h2-9,12-13H,10-11,14H2,1H3,(H,24,27). The average Bonchev–Trinajstić information content (AvgIpc) is 3.41. The number of aromatic nitrogens is 2. The fourth-order valence-electron chi connectivity index (χ4n) is 3.76. The Labute approximate surface area is 167 Å². The van der Waals surface area contributed by atoms with E-state index >= 15 is 0 Å². The van der Waals surface area contributed by atoms with Crippen molar-refractivity contribution in [2.75, 3.05) is 23.9 Å². The molecule has 0 unspecified atom stereocenters. The molecule has 4 aromatic rings. The zero-order valence-electron chi connectivity index (χ0n) is 16.0. The van der Waals surface area contributed by atoms with Gasteiger partial charge in [-0.1, -0.05) is 12.1 Å². The molecule has 0 bridgehead atoms. The fraction of sp³-hybridized carbons (Fsp3) is 0.182. The van der Waals surface area contributed by atoms with Gasteiger partial charge >= 0.3 is 0 Å². The lowest BCUT2D eigenvalue weighted by Gasteiger charge is -2.30. The smallest absolute Gasteiger partial charge is 0.291 e. The number of nitrogens with one attached hydrogen (secondary N) is 1. The number of fused-ring (bicyclic) bond motifs is 3. The van der Waals surface area contributed by atoms with E-state index in [4.69, 9.17) is 14.1 Å². The molecule has 146 valence electrons. The number of hydrogen-bond acceptors (Lipinski definition) is 5. The van der Waals surface area contributed by atoms with Gasteiger partial charge in [-0.25, -0.2) is 4.98 Å². The van der Waals surface area contributed by atoms with Crippen LogP contribution in [-0.4, -0.2) is 29.1 Å². The lowest BCUT2D eigenvalue weighted by atomic mass is 10.2. The largest absolute Gasteiger partial charge is 0.494 e. The van der Waals surface area contributed by atoms with Gasteiger partial charge in [0.15, 0.2) is 5.76 Å². The van der Waals surface area contributed by atoms with Gasteiger partial charge < -0.3 is 23.9 Å². The predicted molar refractivity (Wildman–Crippen MR) is 110 cm³/mol. The average molecular weight is 388 g/mol. The van der Waals surface area contributed by atoms with Crippen LogP contribution in [0.4, 0.5) is 11.4 Å². The second-order valence-electron chi connectivity index (χ2n) is 6.91. The van der Waals surface area contributed by atoms with Crippen LogP contribution < -0.4 is 15.0 Å². The first-order valence-corrected chi connectivity index (χ1v) is 9.45. The van der Waals surface area contributed by atoms with Crippen LogP contribution in [0, 0.1) is 0 Å². The first-order chi connectivity index (χ1) is 14.2. The van der Waals surface area contributed by atoms with Gasteiger partial charge in [0.2, 0.25) is 0 Å². The van der Waals surface area contributed by atoms with Crippen LogP contribution in [0.1, 0.15) is 16.4 Å². The number of imidazole rings is 1. The normalized spacial score (nSPS) is 13.3. The number of para-hydroxylation sites is 2. The Morgan fingerprint density at radius 2 is 2.03 bits per heavy atom. The molecule has 1 aliphatic heterocycles. The van der Waals surface area contributed by atoms with E-state index in [1.165, 1.54) is 11.8 Å². The van der Waals surface area contributed by atoms with Crippen LogP contribution in [0.5, 0.6) is 5.75 Å². The second-order valence-corrected chi connectivity index (χ2v) is 6.91. The highest BCUT2D eigenvalue weighted by molar-refractivity contribution is 6.03. The van der Waals surface area contributed by atoms with Gasteiger partial charge in [0, 0.05) is 24.8 Å². The molecule has 1 amide bonds. The molecule has 1 aliphatic rings. The van der Waals surface area contributed by atoms with Gasteiger partial charge in [0.25, 0.3) is 5.91 Å². The highest BCUT2D eigenvalue weighted by Gasteiger charge is 2.21. The fourth-order valence-corrected chi connectivity index (χ4v) is 3.76. The first-order valence-electron chi connectivity index (χ1n) is 9.45. The van der Waals surface area contributed by atoms with Gasteiger partial charge in [-0.2, -0.15) is 0 Å². The van der Waals surface area contributed by atoms with Crippen LogP contribution in [0.2, 0.25) is 0 Å². The Morgan fingerprint density at radius 3 is 2.86 bits per heavy atom. The maximum Gasteiger partial charge on any atom is 0.291 e. The summed E-state index contributed by atoms with van der Waals surface area (Å²) in [5, 5.41) is 2.83. The van der Waals surface area contributed by atoms with E-state index in [1.54, 1.807) is 19.2 Å². The molecule has 0 spiro atoms. The number of amides is 1. The third-order valence-electron chi connectivity index (χ3n) is 5.20. The van der Waals surface area contributed by atoms with Gasteiger partial charge in [-0.15, -0.1) is 0 Å². The summed E-state index contributed by atoms with van der Waals surface area (Å²) >= 11 is 0. The second kappa shape index (κ2) is 7.01. The molecular formula is C22H20N4O3. The predicted octanol–water partition coefficient (Wildman–Crippen LogP) is 3.91. The molecule has 7 heteroatoms. The third kappa shape index (κ3) is 3.10. The maximum absolute atomic E-state index is 12.3. The summed E-state index contributed by atoms with van der Waals surface area (Å²) in [6.07, 6.45) is 1.47. The zero-order chi connectivity index (χ0) is 19.8. The molecule has 2 aromatic carbocycles. The maximum atomic E-state index is 12.3. The molecule has 0 atom stereocenters. The van der Waals surface area contributed by atoms with Crippen molar-refractivity contribution in [3.8, 4) is 5.75 Å². The summed E-state index contributed by atoms with van der Waals surface area (Å²) in [7, 11) is 1.59. The summed E-state index contributed by atoms with van der Waals surface area (Å²) in [5.41, 5.74) is 3.83. The summed E-state index contributed by atoms with van der Waals surface area (Å²) < 4.78 is 12.9. The molecule has 0 fully saturated rings. The Balaban J connectivity index is 1.39. The molecule has 0 saturated heterocycles. The van der Waals surface area contributed by atoms with Crippen molar-refractivity contribution >= 4 is 28.3 Å². The Hall–Kier alpha value is -3.74. The van der Waals surface area contributed by atoms with Crippen LogP contribution in [-0.2, 0) is 13.1 Å². The van der Waals surface area contributed by atoms with Crippen molar-refractivity contribution in [3.63, 3.8) is 0 Å². The van der Waals surface area contributed by atoms with Gasteiger partial charge in [-0.05, 0) is 36.4 Å². The van der Waals surface area contributed by atoms with Gasteiger partial charge in [-0.3, -0.25) is 4.79 Å². The van der Waals surface area contributed by atoms with E-state index < -0.39 is 0 Å². The summed E-state index contributed by atoms with van der Waals surface area (Å²) in [5.74, 6) is 1.59. The van der Waals surface area contributed by atoms with Crippen molar-refractivity contribution in [3.05, 3.63) is 72.4 Å². The Bertz CT molecular complexity index is 1180. The number of carbonyl (C=O) groups excluding carboxylic acids is 1. The number of ether oxygens (including phenoxy) is 1. The van der Waals surface area contributed by atoms with Gasteiger partial charge in [0.05, 0.1) is 36.6 Å². The number of rotatable bonds is 4. The molecule has 0 saturated carbocycles. The molecule has 0 radical (unpaired) electrons. The molecule has 2 aromatic heterocycles. The number of furan rings is 1. The van der Waals surface area contributed by atoms with Crippen molar-refractivity contribution in [1.29, 1.82) is 0 Å². The van der Waals surface area contributed by atoms with E-state index in [9.17, 15) is 4.79 Å². The number of anilines is 2. The van der Waals surface area contributed by atoms with E-state index in [-0.39, 0.29) is 11.7 Å². The van der Waals surface area contributed by atoms with E-state index in [0.717, 1.165) is 36.7 Å². The number of methoxy groups -OCH3 is 1. The summed E-state index contributed by atoms with van der Waals surface area (Å²) in [6, 6.07) is 17.3. The molecule has 3 heterocycles. The number of nitrogens with zero attached hydrogens (tertiary/aromatic N) is 3. The highest BCUT2D eigenvalue weighted by atomic mass is 16.5. The van der Waals surface area contributed by atoms with Crippen molar-refractivity contribution in [2.24, 2.45) is 0 Å². The lowest BCUT2D eigenvalue weighted by Crippen LogP contribution is -2.33. The molecule has 29 heavy (non-hydrogen) atoms. The molecule has 0 aliphatic carbocycles. The topological polar surface area (TPSA) is 72.5 Å². The number of carbonyl (C=O) groups is 1. The molecule has 1 N–H and O–H groups in total. The number of benzene rings is 2. The quantitative estimate of drug-likeness (QED) is 0.574. The SMILES string of the molecule is COc1cc(N2CCn3c(nc4ccccc43)C2)ccc1NC(=O)c1ccco1. The highest BCUT2D eigenvalue weighted by Crippen LogP contribution is 2.32. The summed E-state index contributed by atoms with van der Waals surface area (Å²) in [4.78, 5) is 19.3. The Morgan fingerprint density at radius 1 is 1.14 bits per heavy atom. The Kier molecular flexibility index (Phi) is 4.20. The van der Waals surface area contributed by atoms with Gasteiger partial charge in [0.1, 0.15) is 11.6 Å². The van der Waals surface area contributed by atoms with E-state index in [0.29, 0.717) is 11.4 Å². The number of hydrogen-bond donors (Lipinski definition) is 1. The van der Waals surface area contributed by atoms with Crippen LogP contribution >= 0.6 is 0 Å². The molecule has 5 rings (SSSR count). The third-order valence-corrected chi connectivity index (χ3v) is 5.20. The summed E-state index contributed by atoms with van der Waals surface area (Å²) in [6.45, 7) is 2.46. The van der Waals surface area contributed by atoms with Crippen LogP contribution in [0.15, 0.2) is 65.3 Å². The zero-order valence-corrected chi connectivity index (χ0v) is 16.0. The van der Waals surface area contributed by atoms with Crippen molar-refractivity contribution in [1.82, 2.24) is 9.55 Å². The minimum Gasteiger partial charge on any atom is -0.494 e.